The lowest BCUT2D eigenvalue weighted by atomic mass is 10.0. The van der Waals surface area contributed by atoms with Gasteiger partial charge in [0.1, 0.15) is 11.6 Å². The fraction of sp³-hybridized carbons (Fsp3) is 0. The number of imidazole rings is 1. The molecule has 0 aliphatic heterocycles. The predicted molar refractivity (Wildman–Crippen MR) is 137 cm³/mol. The summed E-state index contributed by atoms with van der Waals surface area (Å²) in [5.74, 6) is 0.311. The molecule has 162 valence electrons. The number of fused-ring (bicyclic) bond motifs is 1. The molecule has 0 spiro atoms. The zero-order valence-corrected chi connectivity index (χ0v) is 18.2. The van der Waals surface area contributed by atoms with E-state index in [0.717, 1.165) is 39.1 Å². The van der Waals surface area contributed by atoms with Gasteiger partial charge in [-0.2, -0.15) is 0 Å². The van der Waals surface area contributed by atoms with Crippen molar-refractivity contribution < 1.29 is 7.85 Å². The van der Waals surface area contributed by atoms with Crippen LogP contribution in [0.5, 0.6) is 5.75 Å². The van der Waals surface area contributed by atoms with Gasteiger partial charge in [-0.25, -0.2) is 4.98 Å². The molecule has 0 amide bonds. The number of para-hydroxylation sites is 3. The molecule has 0 aliphatic rings. The molecule has 6 rings (SSSR count). The Morgan fingerprint density at radius 2 is 1.56 bits per heavy atom. The number of rotatable bonds is 4. The van der Waals surface area contributed by atoms with Crippen molar-refractivity contribution in [3.8, 4) is 45.2 Å². The Labute approximate surface area is 200 Å². The minimum Gasteiger partial charge on any atom is -0.507 e. The molecule has 0 saturated heterocycles. The molecule has 2 aromatic heterocycles. The monoisotopic (exact) mass is 441 g/mol. The number of hydrogen-bond acceptors (Lipinski definition) is 3. The Hall–Kier alpha value is -4.70. The molecule has 4 heteroatoms. The Kier molecular flexibility index (Phi) is 4.37. The van der Waals surface area contributed by atoms with Gasteiger partial charge in [0.2, 0.25) is 0 Å². The Balaban J connectivity index is 1.63. The highest BCUT2D eigenvalue weighted by atomic mass is 16.3. The van der Waals surface area contributed by atoms with E-state index in [-0.39, 0.29) is 17.8 Å². The van der Waals surface area contributed by atoms with Crippen LogP contribution in [0.2, 0.25) is 0 Å². The van der Waals surface area contributed by atoms with Gasteiger partial charge in [0, 0.05) is 23.0 Å². The quantitative estimate of drug-likeness (QED) is 0.317. The van der Waals surface area contributed by atoms with Crippen molar-refractivity contribution in [2.75, 3.05) is 0 Å². The molecule has 0 atom stereocenters. The molecule has 34 heavy (non-hydrogen) atoms. The number of phenolic OH excluding ortho intramolecular Hbond substituents is 1. The van der Waals surface area contributed by atoms with Crippen LogP contribution in [0.15, 0.2) is 121 Å². The average molecular weight is 442 g/mol. The highest BCUT2D eigenvalue weighted by Gasteiger charge is 2.19. The van der Waals surface area contributed by atoms with Crippen LogP contribution in [-0.4, -0.2) is 19.6 Å². The topological polar surface area (TPSA) is 50.9 Å². The van der Waals surface area contributed by atoms with Crippen molar-refractivity contribution in [3.05, 3.63) is 121 Å². The molecule has 0 aliphatic carbocycles. The number of pyridine rings is 1. The molecule has 4 aromatic carbocycles. The summed E-state index contributed by atoms with van der Waals surface area (Å²) < 4.78 is 18.4. The predicted octanol–water partition coefficient (Wildman–Crippen LogP) is 7.13. The van der Waals surface area contributed by atoms with Gasteiger partial charge in [-0.15, -0.1) is 0 Å². The van der Waals surface area contributed by atoms with Crippen molar-refractivity contribution in [2.24, 2.45) is 0 Å². The van der Waals surface area contributed by atoms with Crippen LogP contribution in [0.4, 0.5) is 0 Å². The van der Waals surface area contributed by atoms with Crippen molar-refractivity contribution in [2.45, 2.75) is 0 Å². The smallest absolute Gasteiger partial charge is 0.149 e. The van der Waals surface area contributed by atoms with Crippen LogP contribution < -0.4 is 0 Å². The van der Waals surface area contributed by atoms with Crippen molar-refractivity contribution in [1.29, 1.82) is 0 Å². The van der Waals surface area contributed by atoms with Crippen LogP contribution in [-0.2, 0) is 0 Å². The summed E-state index contributed by atoms with van der Waals surface area (Å²) in [6.07, 6.45) is 1.78. The minimum absolute atomic E-state index is 0.0474. The normalized spacial score (nSPS) is 11.9. The number of hydrogen-bond donors (Lipinski definition) is 1. The fourth-order valence-electron chi connectivity index (χ4n) is 4.28. The van der Waals surface area contributed by atoms with Gasteiger partial charge >= 0.3 is 0 Å². The first kappa shape index (κ1) is 17.8. The molecule has 1 N–H and O–H groups in total. The van der Waals surface area contributed by atoms with Gasteiger partial charge in [-0.05, 0) is 54.1 Å². The van der Waals surface area contributed by atoms with Gasteiger partial charge in [0.15, 0.2) is 0 Å². The first-order valence-corrected chi connectivity index (χ1v) is 11.0. The van der Waals surface area contributed by atoms with Gasteiger partial charge in [-0.1, -0.05) is 66.7 Å². The number of phenols is 1. The lowest BCUT2D eigenvalue weighted by molar-refractivity contribution is 0.477. The number of aromatic hydroxyl groups is 1. The summed E-state index contributed by atoms with van der Waals surface area (Å²) in [7, 11) is 0. The number of nitrogens with zero attached hydrogens (tertiary/aromatic N) is 3. The molecule has 2 heterocycles. The summed E-state index contributed by atoms with van der Waals surface area (Å²) in [6.45, 7) is 0. The van der Waals surface area contributed by atoms with E-state index in [1.807, 2.05) is 89.5 Å². The first-order chi connectivity index (χ1) is 17.6. The van der Waals surface area contributed by atoms with E-state index >= 15 is 0 Å². The summed E-state index contributed by atoms with van der Waals surface area (Å²) in [6, 6.07) is 32.7. The standard InChI is InChI=1S/C30H21N3O/c34-28-18-5-4-14-25(28)30-32-29-24(15-9-17-27(29)33(30)23-12-2-1-3-13-23)21-10-8-11-22(20-21)26-16-6-7-19-31-26/h1-20,34H/i5D,14D. The number of aromatic nitrogens is 3. The zero-order valence-electron chi connectivity index (χ0n) is 20.2. The maximum atomic E-state index is 10.8. The van der Waals surface area contributed by atoms with Gasteiger partial charge < -0.3 is 5.11 Å². The van der Waals surface area contributed by atoms with E-state index < -0.39 is 0 Å². The summed E-state index contributed by atoms with van der Waals surface area (Å²) in [5.41, 5.74) is 6.58. The second-order valence-corrected chi connectivity index (χ2v) is 7.94. The highest BCUT2D eigenvalue weighted by molar-refractivity contribution is 5.96. The number of benzene rings is 4. The molecule has 4 nitrogen and oxygen atoms in total. The Bertz CT molecular complexity index is 1690. The van der Waals surface area contributed by atoms with E-state index in [2.05, 4.69) is 11.1 Å². The summed E-state index contributed by atoms with van der Waals surface area (Å²) >= 11 is 0. The molecule has 0 fully saturated rings. The SMILES string of the molecule is [2H]c1cc([2H])c(-c2nc3c(-c4cccc(-c5ccccn5)c4)cccc3n2-c2ccccc2)c(O)c1. The summed E-state index contributed by atoms with van der Waals surface area (Å²) in [4.78, 5) is 9.48. The maximum absolute atomic E-state index is 10.8. The van der Waals surface area contributed by atoms with Crippen LogP contribution in [0, 0.1) is 0 Å². The van der Waals surface area contributed by atoms with E-state index in [9.17, 15) is 5.11 Å². The fourth-order valence-corrected chi connectivity index (χ4v) is 4.28. The van der Waals surface area contributed by atoms with Crippen LogP contribution in [0.1, 0.15) is 2.74 Å². The van der Waals surface area contributed by atoms with E-state index in [0.29, 0.717) is 11.4 Å². The second-order valence-electron chi connectivity index (χ2n) is 7.94. The van der Waals surface area contributed by atoms with Crippen LogP contribution in [0.25, 0.3) is 50.5 Å². The Morgan fingerprint density at radius 1 is 0.735 bits per heavy atom. The molecular weight excluding hydrogens is 418 g/mol. The van der Waals surface area contributed by atoms with Gasteiger partial charge in [-0.3, -0.25) is 9.55 Å². The molecular formula is C30H21N3O. The summed E-state index contributed by atoms with van der Waals surface area (Å²) in [5, 5.41) is 10.8. The van der Waals surface area contributed by atoms with E-state index in [4.69, 9.17) is 7.73 Å². The van der Waals surface area contributed by atoms with Gasteiger partial charge in [0.05, 0.1) is 25.0 Å². The maximum Gasteiger partial charge on any atom is 0.149 e. The Morgan fingerprint density at radius 3 is 2.38 bits per heavy atom. The van der Waals surface area contributed by atoms with Crippen molar-refractivity contribution in [1.82, 2.24) is 14.5 Å². The lowest BCUT2D eigenvalue weighted by Crippen LogP contribution is -1.97. The van der Waals surface area contributed by atoms with Crippen LogP contribution in [0.3, 0.4) is 0 Å². The van der Waals surface area contributed by atoms with Gasteiger partial charge in [0.25, 0.3) is 0 Å². The highest BCUT2D eigenvalue weighted by Crippen LogP contribution is 2.37. The van der Waals surface area contributed by atoms with Crippen LogP contribution >= 0.6 is 0 Å². The zero-order chi connectivity index (χ0) is 24.6. The molecule has 0 radical (unpaired) electrons. The van der Waals surface area contributed by atoms with E-state index in [1.54, 1.807) is 6.20 Å². The third-order valence-corrected chi connectivity index (χ3v) is 5.83. The second kappa shape index (κ2) is 8.34. The third-order valence-electron chi connectivity index (χ3n) is 5.83. The van der Waals surface area contributed by atoms with Crippen molar-refractivity contribution >= 4 is 11.0 Å². The first-order valence-electron chi connectivity index (χ1n) is 12.0. The lowest BCUT2D eigenvalue weighted by Gasteiger charge is -2.10. The molecule has 6 aromatic rings. The largest absolute Gasteiger partial charge is 0.507 e. The third kappa shape index (κ3) is 3.42. The molecule has 0 unspecified atom stereocenters. The van der Waals surface area contributed by atoms with E-state index in [1.165, 1.54) is 12.1 Å². The average Bonchev–Trinajstić information content (AvgIpc) is 3.28. The minimum atomic E-state index is -0.140. The van der Waals surface area contributed by atoms with Crippen molar-refractivity contribution in [3.63, 3.8) is 0 Å². The molecule has 0 saturated carbocycles. The molecule has 0 bridgehead atoms.